The van der Waals surface area contributed by atoms with E-state index in [4.69, 9.17) is 31.1 Å². The van der Waals surface area contributed by atoms with Gasteiger partial charge < -0.3 is 24.4 Å². The number of rotatable bonds is 12. The van der Waals surface area contributed by atoms with Gasteiger partial charge in [0, 0.05) is 43.4 Å². The Labute approximate surface area is 238 Å². The maximum absolute atomic E-state index is 13.3. The molecule has 10 nitrogen and oxygen atoms in total. The van der Waals surface area contributed by atoms with Gasteiger partial charge in [0.2, 0.25) is 0 Å². The number of methoxy groups -OCH3 is 1. The van der Waals surface area contributed by atoms with Crippen molar-refractivity contribution in [2.75, 3.05) is 65.4 Å². The normalized spacial score (nSPS) is 18.2. The van der Waals surface area contributed by atoms with E-state index in [2.05, 4.69) is 25.6 Å². The summed E-state index contributed by atoms with van der Waals surface area (Å²) in [6.45, 7) is 8.40. The van der Waals surface area contributed by atoms with Gasteiger partial charge in [-0.2, -0.15) is 5.26 Å². The number of nitrogens with one attached hydrogen (secondary N) is 1. The van der Waals surface area contributed by atoms with Gasteiger partial charge in [0.15, 0.2) is 0 Å². The number of hydrogen-bond donors (Lipinski definition) is 1. The van der Waals surface area contributed by atoms with E-state index in [-0.39, 0.29) is 18.8 Å². The van der Waals surface area contributed by atoms with Gasteiger partial charge in [-0.25, -0.2) is 14.0 Å². The summed E-state index contributed by atoms with van der Waals surface area (Å²) in [5.41, 5.74) is 2.26. The number of nitriles is 1. The van der Waals surface area contributed by atoms with Gasteiger partial charge in [-0.05, 0) is 37.4 Å². The Morgan fingerprint density at radius 2 is 1.97 bits per heavy atom. The van der Waals surface area contributed by atoms with Crippen LogP contribution in [0.3, 0.4) is 0 Å². The standard InChI is InChI=1S/C27H34ClN5O5S/c1-4-38-27(35)25-22(17-37-15-14-32-10-12-33(13-11-32)18-30-39-16-9-29)31-19(2)23(26(34)36-3)24(25)20-7-5-6-8-21(20)28/h5-8,18,24,31H,4,10-17H2,1-3H3/b30-18+. The Hall–Kier alpha value is -3.04. The average molecular weight is 576 g/mol. The van der Waals surface area contributed by atoms with Crippen LogP contribution in [0.25, 0.3) is 0 Å². The highest BCUT2D eigenvalue weighted by Gasteiger charge is 2.39. The topological polar surface area (TPSA) is 116 Å². The Kier molecular flexibility index (Phi) is 12.1. The molecule has 1 fully saturated rings. The van der Waals surface area contributed by atoms with E-state index in [1.54, 1.807) is 38.4 Å². The van der Waals surface area contributed by atoms with E-state index < -0.39 is 17.9 Å². The maximum atomic E-state index is 13.3. The quantitative estimate of drug-likeness (QED) is 0.131. The summed E-state index contributed by atoms with van der Waals surface area (Å²) in [4.78, 5) is 30.5. The fourth-order valence-electron chi connectivity index (χ4n) is 4.50. The van der Waals surface area contributed by atoms with Crippen molar-refractivity contribution in [3.63, 3.8) is 0 Å². The molecule has 1 aromatic rings. The van der Waals surface area contributed by atoms with Gasteiger partial charge in [-0.1, -0.05) is 29.8 Å². The summed E-state index contributed by atoms with van der Waals surface area (Å²) in [6, 6.07) is 9.16. The van der Waals surface area contributed by atoms with Crippen molar-refractivity contribution in [2.24, 2.45) is 4.40 Å². The lowest BCUT2D eigenvalue weighted by molar-refractivity contribution is -0.139. The molecule has 0 aromatic heterocycles. The van der Waals surface area contributed by atoms with E-state index in [1.165, 1.54) is 19.1 Å². The van der Waals surface area contributed by atoms with Crippen molar-refractivity contribution in [3.8, 4) is 6.07 Å². The van der Waals surface area contributed by atoms with Crippen molar-refractivity contribution in [2.45, 2.75) is 19.8 Å². The van der Waals surface area contributed by atoms with Crippen LogP contribution in [0.5, 0.6) is 0 Å². The molecule has 0 spiro atoms. The van der Waals surface area contributed by atoms with Crippen LogP contribution in [0.2, 0.25) is 5.02 Å². The second-order valence-electron chi connectivity index (χ2n) is 8.81. The first kappa shape index (κ1) is 30.5. The zero-order chi connectivity index (χ0) is 28.2. The molecule has 1 N–H and O–H groups in total. The number of esters is 2. The molecule has 1 atom stereocenters. The van der Waals surface area contributed by atoms with E-state index in [1.807, 2.05) is 6.07 Å². The van der Waals surface area contributed by atoms with Crippen molar-refractivity contribution in [1.82, 2.24) is 15.1 Å². The van der Waals surface area contributed by atoms with Crippen LogP contribution in [0, 0.1) is 11.3 Å². The number of carbonyl (C=O) groups excluding carboxylic acids is 2. The fraction of sp³-hybridized carbons (Fsp3) is 0.481. The number of nitrogens with zero attached hydrogens (tertiary/aromatic N) is 4. The zero-order valence-corrected chi connectivity index (χ0v) is 24.0. The van der Waals surface area contributed by atoms with Gasteiger partial charge in [0.25, 0.3) is 0 Å². The molecule has 0 amide bonds. The summed E-state index contributed by atoms with van der Waals surface area (Å²) in [6.07, 6.45) is 1.79. The van der Waals surface area contributed by atoms with Crippen LogP contribution in [0.15, 0.2) is 51.2 Å². The summed E-state index contributed by atoms with van der Waals surface area (Å²) >= 11 is 7.79. The van der Waals surface area contributed by atoms with E-state index in [0.717, 1.165) is 32.7 Å². The highest BCUT2D eigenvalue weighted by Crippen LogP contribution is 2.41. The average Bonchev–Trinajstić information content (AvgIpc) is 2.94. The van der Waals surface area contributed by atoms with Gasteiger partial charge in [0.05, 0.1) is 62.1 Å². The third kappa shape index (κ3) is 8.22. The molecule has 39 heavy (non-hydrogen) atoms. The smallest absolute Gasteiger partial charge is 0.336 e. The molecule has 1 saturated heterocycles. The predicted octanol–water partition coefficient (Wildman–Crippen LogP) is 3.13. The number of ether oxygens (including phenoxy) is 3. The molecule has 0 aliphatic carbocycles. The van der Waals surface area contributed by atoms with Gasteiger partial charge in [-0.3, -0.25) is 4.90 Å². The van der Waals surface area contributed by atoms with Crippen LogP contribution >= 0.6 is 23.5 Å². The second kappa shape index (κ2) is 15.5. The maximum Gasteiger partial charge on any atom is 0.336 e. The largest absolute Gasteiger partial charge is 0.466 e. The van der Waals surface area contributed by atoms with Crippen LogP contribution in [-0.4, -0.2) is 93.5 Å². The molecule has 2 heterocycles. The van der Waals surface area contributed by atoms with Crippen LogP contribution in [-0.2, 0) is 23.8 Å². The van der Waals surface area contributed by atoms with Gasteiger partial charge in [0.1, 0.15) is 5.75 Å². The molecule has 2 aliphatic heterocycles. The molecule has 1 unspecified atom stereocenters. The number of carbonyl (C=O) groups is 2. The fourth-order valence-corrected chi connectivity index (χ4v) is 5.07. The number of allylic oxidation sites excluding steroid dienone is 1. The molecule has 0 saturated carbocycles. The first-order valence-electron chi connectivity index (χ1n) is 12.7. The lowest BCUT2D eigenvalue weighted by Gasteiger charge is -2.33. The minimum absolute atomic E-state index is 0.129. The number of halogens is 1. The molecular formula is C27H34ClN5O5S. The zero-order valence-electron chi connectivity index (χ0n) is 22.4. The first-order chi connectivity index (χ1) is 18.9. The number of benzene rings is 1. The Morgan fingerprint density at radius 1 is 1.23 bits per heavy atom. The van der Waals surface area contributed by atoms with Crippen molar-refractivity contribution >= 4 is 41.8 Å². The third-order valence-electron chi connectivity index (χ3n) is 6.38. The Bertz CT molecular complexity index is 1160. The van der Waals surface area contributed by atoms with Crippen LogP contribution < -0.4 is 5.32 Å². The Balaban J connectivity index is 1.72. The number of piperazine rings is 1. The Morgan fingerprint density at radius 3 is 2.64 bits per heavy atom. The summed E-state index contributed by atoms with van der Waals surface area (Å²) in [7, 11) is 1.30. The lowest BCUT2D eigenvalue weighted by Crippen LogP contribution is -2.46. The number of hydrogen-bond acceptors (Lipinski definition) is 10. The second-order valence-corrected chi connectivity index (χ2v) is 9.97. The van der Waals surface area contributed by atoms with Gasteiger partial charge in [-0.15, -0.1) is 0 Å². The number of dihydropyridines is 1. The van der Waals surface area contributed by atoms with Gasteiger partial charge >= 0.3 is 11.9 Å². The summed E-state index contributed by atoms with van der Waals surface area (Å²) in [5, 5.41) is 12.2. The SMILES string of the molecule is CCOC(=O)C1=C(COCCN2CCN(/C=N/SCC#N)CC2)NC(C)=C(C(=O)OC)C1c1ccccc1Cl. The minimum atomic E-state index is -0.772. The first-order valence-corrected chi connectivity index (χ1v) is 14.0. The third-order valence-corrected chi connectivity index (χ3v) is 7.23. The van der Waals surface area contributed by atoms with Crippen molar-refractivity contribution in [3.05, 3.63) is 57.4 Å². The van der Waals surface area contributed by atoms with E-state index in [9.17, 15) is 9.59 Å². The molecule has 2 aliphatic rings. The highest BCUT2D eigenvalue weighted by molar-refractivity contribution is 7.98. The molecular weight excluding hydrogens is 542 g/mol. The highest BCUT2D eigenvalue weighted by atomic mass is 35.5. The predicted molar refractivity (Wildman–Crippen MR) is 151 cm³/mol. The van der Waals surface area contributed by atoms with Crippen LogP contribution in [0.4, 0.5) is 0 Å². The summed E-state index contributed by atoms with van der Waals surface area (Å²) < 4.78 is 20.7. The molecule has 12 heteroatoms. The molecule has 0 bridgehead atoms. The van der Waals surface area contributed by atoms with Crippen molar-refractivity contribution < 1.29 is 23.8 Å². The molecule has 3 rings (SSSR count). The van der Waals surface area contributed by atoms with E-state index in [0.29, 0.717) is 39.9 Å². The monoisotopic (exact) mass is 575 g/mol. The van der Waals surface area contributed by atoms with Crippen molar-refractivity contribution in [1.29, 1.82) is 5.26 Å². The summed E-state index contributed by atoms with van der Waals surface area (Å²) in [5.74, 6) is -1.53. The van der Waals surface area contributed by atoms with Crippen LogP contribution in [0.1, 0.15) is 25.3 Å². The minimum Gasteiger partial charge on any atom is -0.466 e. The van der Waals surface area contributed by atoms with E-state index >= 15 is 0 Å². The molecule has 1 aromatic carbocycles. The molecule has 0 radical (unpaired) electrons. The lowest BCUT2D eigenvalue weighted by atomic mass is 9.80. The molecule has 210 valence electrons.